The van der Waals surface area contributed by atoms with Crippen LogP contribution in [0.5, 0.6) is 0 Å². The first-order chi connectivity index (χ1) is 8.99. The lowest BCUT2D eigenvalue weighted by atomic mass is 10.1. The number of carbonyl (C=O) groups excluding carboxylic acids is 2. The maximum absolute atomic E-state index is 11.6. The summed E-state index contributed by atoms with van der Waals surface area (Å²) in [5.74, 6) is -0.596. The number of carbonyl (C=O) groups is 2. The second-order valence-electron chi connectivity index (χ2n) is 4.37. The molecular formula is C12H14N4O2S. The highest BCUT2D eigenvalue weighted by atomic mass is 32.1. The van der Waals surface area contributed by atoms with E-state index in [4.69, 9.17) is 18.0 Å². The minimum atomic E-state index is -0.378. The van der Waals surface area contributed by atoms with Crippen molar-refractivity contribution in [3.8, 4) is 0 Å². The van der Waals surface area contributed by atoms with E-state index in [-0.39, 0.29) is 29.4 Å². The van der Waals surface area contributed by atoms with Crippen LogP contribution in [0.4, 0.5) is 0 Å². The van der Waals surface area contributed by atoms with Crippen LogP contribution in [0.25, 0.3) is 0 Å². The molecule has 1 saturated heterocycles. The quantitative estimate of drug-likeness (QED) is 0.576. The molecule has 1 fully saturated rings. The summed E-state index contributed by atoms with van der Waals surface area (Å²) in [6.45, 7) is 2.32. The number of aromatic nitrogens is 1. The van der Waals surface area contributed by atoms with E-state index in [0.29, 0.717) is 12.2 Å². The molecule has 0 aliphatic carbocycles. The standard InChI is InChI=1S/C12H14N4O2S/c1-7-12(18)15-9(17)6-16(7)5-8-3-2-4-14-10(8)11(13)19/h2-4,7H,5-6H2,1H3,(H2,13,19)(H,15,17,18). The van der Waals surface area contributed by atoms with Crippen LogP contribution in [-0.2, 0) is 16.1 Å². The largest absolute Gasteiger partial charge is 0.388 e. The van der Waals surface area contributed by atoms with Crippen LogP contribution in [0, 0.1) is 0 Å². The van der Waals surface area contributed by atoms with Crippen LogP contribution in [0.3, 0.4) is 0 Å². The third-order valence-electron chi connectivity index (χ3n) is 3.03. The smallest absolute Gasteiger partial charge is 0.243 e. The fourth-order valence-corrected chi connectivity index (χ4v) is 2.15. The average molecular weight is 278 g/mol. The number of pyridine rings is 1. The van der Waals surface area contributed by atoms with Crippen molar-refractivity contribution in [3.05, 3.63) is 29.6 Å². The van der Waals surface area contributed by atoms with E-state index < -0.39 is 0 Å². The molecule has 7 heteroatoms. The van der Waals surface area contributed by atoms with Gasteiger partial charge in [-0.15, -0.1) is 0 Å². The number of amides is 2. The van der Waals surface area contributed by atoms with Gasteiger partial charge >= 0.3 is 0 Å². The molecule has 2 rings (SSSR count). The number of nitrogens with zero attached hydrogens (tertiary/aromatic N) is 2. The van der Waals surface area contributed by atoms with Crippen LogP contribution in [0.1, 0.15) is 18.2 Å². The zero-order chi connectivity index (χ0) is 14.0. The summed E-state index contributed by atoms with van der Waals surface area (Å²) in [5.41, 5.74) is 6.95. The number of nitrogens with one attached hydrogen (secondary N) is 1. The Morgan fingerprint density at radius 3 is 3.05 bits per heavy atom. The van der Waals surface area contributed by atoms with Crippen molar-refractivity contribution in [3.63, 3.8) is 0 Å². The van der Waals surface area contributed by atoms with Gasteiger partial charge in [-0.05, 0) is 18.6 Å². The van der Waals surface area contributed by atoms with Crippen LogP contribution in [-0.4, -0.2) is 39.3 Å². The average Bonchev–Trinajstić information content (AvgIpc) is 2.35. The molecule has 0 radical (unpaired) electrons. The highest BCUT2D eigenvalue weighted by Gasteiger charge is 2.30. The molecule has 0 bridgehead atoms. The molecule has 1 unspecified atom stereocenters. The molecule has 1 atom stereocenters. The van der Waals surface area contributed by atoms with E-state index in [0.717, 1.165) is 5.56 Å². The summed E-state index contributed by atoms with van der Waals surface area (Å²) in [4.78, 5) is 29.1. The summed E-state index contributed by atoms with van der Waals surface area (Å²) in [6.07, 6.45) is 1.61. The maximum Gasteiger partial charge on any atom is 0.243 e. The van der Waals surface area contributed by atoms with Gasteiger partial charge in [0.2, 0.25) is 11.8 Å². The topological polar surface area (TPSA) is 88.3 Å². The van der Waals surface area contributed by atoms with Crippen LogP contribution >= 0.6 is 12.2 Å². The second-order valence-corrected chi connectivity index (χ2v) is 4.81. The number of thiocarbonyl (C=S) groups is 1. The van der Waals surface area contributed by atoms with E-state index in [2.05, 4.69) is 10.3 Å². The number of imide groups is 1. The van der Waals surface area contributed by atoms with Gasteiger partial charge in [-0.1, -0.05) is 18.3 Å². The van der Waals surface area contributed by atoms with Crippen molar-refractivity contribution in [2.75, 3.05) is 6.54 Å². The predicted molar refractivity (Wildman–Crippen MR) is 73.1 cm³/mol. The van der Waals surface area contributed by atoms with Gasteiger partial charge in [-0.2, -0.15) is 0 Å². The van der Waals surface area contributed by atoms with Gasteiger partial charge < -0.3 is 5.73 Å². The van der Waals surface area contributed by atoms with Crippen LogP contribution in [0.15, 0.2) is 18.3 Å². The minimum Gasteiger partial charge on any atom is -0.388 e. The molecule has 0 saturated carbocycles. The molecule has 1 aromatic heterocycles. The summed E-state index contributed by atoms with van der Waals surface area (Å²) in [6, 6.07) is 3.23. The Hall–Kier alpha value is -1.86. The molecule has 2 heterocycles. The van der Waals surface area contributed by atoms with Crippen molar-refractivity contribution in [1.29, 1.82) is 0 Å². The Morgan fingerprint density at radius 2 is 2.37 bits per heavy atom. The van der Waals surface area contributed by atoms with Crippen molar-refractivity contribution in [2.24, 2.45) is 5.73 Å². The van der Waals surface area contributed by atoms with Gasteiger partial charge in [0.15, 0.2) is 0 Å². The number of hydrogen-bond acceptors (Lipinski definition) is 5. The van der Waals surface area contributed by atoms with Crippen LogP contribution in [0.2, 0.25) is 0 Å². The molecule has 0 spiro atoms. The third kappa shape index (κ3) is 2.94. The number of hydrogen-bond donors (Lipinski definition) is 2. The zero-order valence-corrected chi connectivity index (χ0v) is 11.2. The fourth-order valence-electron chi connectivity index (χ4n) is 1.97. The number of piperazine rings is 1. The first kappa shape index (κ1) is 13.6. The Bertz CT molecular complexity index is 546. The van der Waals surface area contributed by atoms with Crippen molar-refractivity contribution in [1.82, 2.24) is 15.2 Å². The monoisotopic (exact) mass is 278 g/mol. The second kappa shape index (κ2) is 5.41. The van der Waals surface area contributed by atoms with Gasteiger partial charge in [0.25, 0.3) is 0 Å². The molecule has 1 aliphatic rings. The minimum absolute atomic E-state index is 0.165. The molecule has 3 N–H and O–H groups in total. The third-order valence-corrected chi connectivity index (χ3v) is 3.23. The molecule has 19 heavy (non-hydrogen) atoms. The normalized spacial score (nSPS) is 20.2. The van der Waals surface area contributed by atoms with E-state index in [9.17, 15) is 9.59 Å². The number of rotatable bonds is 3. The van der Waals surface area contributed by atoms with Gasteiger partial charge in [0.1, 0.15) is 10.7 Å². The molecule has 100 valence electrons. The lowest BCUT2D eigenvalue weighted by Crippen LogP contribution is -2.56. The van der Waals surface area contributed by atoms with Crippen LogP contribution < -0.4 is 11.1 Å². The maximum atomic E-state index is 11.6. The SMILES string of the molecule is CC1C(=O)NC(=O)CN1Cc1cccnc1C(N)=S. The Morgan fingerprint density at radius 1 is 1.63 bits per heavy atom. The van der Waals surface area contributed by atoms with Gasteiger partial charge in [0, 0.05) is 12.7 Å². The highest BCUT2D eigenvalue weighted by molar-refractivity contribution is 7.80. The van der Waals surface area contributed by atoms with E-state index >= 15 is 0 Å². The van der Waals surface area contributed by atoms with E-state index in [1.807, 2.05) is 6.07 Å². The van der Waals surface area contributed by atoms with Crippen molar-refractivity contribution < 1.29 is 9.59 Å². The molecular weight excluding hydrogens is 264 g/mol. The lowest BCUT2D eigenvalue weighted by molar-refractivity contribution is -0.139. The molecule has 1 aromatic rings. The van der Waals surface area contributed by atoms with Gasteiger partial charge in [0.05, 0.1) is 12.6 Å². The van der Waals surface area contributed by atoms with E-state index in [1.54, 1.807) is 24.1 Å². The van der Waals surface area contributed by atoms with E-state index in [1.165, 1.54) is 0 Å². The van der Waals surface area contributed by atoms with Crippen molar-refractivity contribution >= 4 is 29.0 Å². The fraction of sp³-hybridized carbons (Fsp3) is 0.333. The van der Waals surface area contributed by atoms with Gasteiger partial charge in [-0.3, -0.25) is 24.8 Å². The zero-order valence-electron chi connectivity index (χ0n) is 10.4. The van der Waals surface area contributed by atoms with Crippen molar-refractivity contribution in [2.45, 2.75) is 19.5 Å². The number of nitrogens with two attached hydrogens (primary N) is 1. The lowest BCUT2D eigenvalue weighted by Gasteiger charge is -2.31. The highest BCUT2D eigenvalue weighted by Crippen LogP contribution is 2.13. The summed E-state index contributed by atoms with van der Waals surface area (Å²) in [5, 5.41) is 2.30. The molecule has 1 aliphatic heterocycles. The molecule has 0 aromatic carbocycles. The molecule has 2 amide bonds. The Labute approximate surface area is 116 Å². The first-order valence-corrected chi connectivity index (χ1v) is 6.21. The Balaban J connectivity index is 2.23. The van der Waals surface area contributed by atoms with Gasteiger partial charge in [-0.25, -0.2) is 0 Å². The summed E-state index contributed by atoms with van der Waals surface area (Å²) in [7, 11) is 0. The first-order valence-electron chi connectivity index (χ1n) is 5.80. The Kier molecular flexibility index (Phi) is 3.87. The predicted octanol–water partition coefficient (Wildman–Crippen LogP) is -0.437. The molecule has 6 nitrogen and oxygen atoms in total. The summed E-state index contributed by atoms with van der Waals surface area (Å²) >= 11 is 4.94. The summed E-state index contributed by atoms with van der Waals surface area (Å²) < 4.78 is 0.